The Hall–Kier alpha value is -0.0800. The minimum absolute atomic E-state index is 0.111. The molecule has 1 aliphatic carbocycles. The standard InChI is InChI=1S/C5H8O2/c6-5-3-1-4(5)7-2-3/h3-6H,1-2H2. The molecule has 3 rings (SSSR count). The van der Waals surface area contributed by atoms with Gasteiger partial charge in [0, 0.05) is 5.92 Å². The quantitative estimate of drug-likeness (QED) is 0.455. The van der Waals surface area contributed by atoms with Crippen molar-refractivity contribution >= 4 is 0 Å². The maximum absolute atomic E-state index is 8.92. The van der Waals surface area contributed by atoms with Gasteiger partial charge < -0.3 is 9.84 Å². The van der Waals surface area contributed by atoms with Crippen molar-refractivity contribution in [1.29, 1.82) is 0 Å². The lowest BCUT2D eigenvalue weighted by molar-refractivity contribution is -0.0139. The average molecular weight is 100 g/mol. The fourth-order valence-electron chi connectivity index (χ4n) is 1.27. The molecular weight excluding hydrogens is 92.1 g/mol. The van der Waals surface area contributed by atoms with E-state index < -0.39 is 0 Å². The Bertz CT molecular complexity index is 78.1. The van der Waals surface area contributed by atoms with E-state index in [1.165, 1.54) is 0 Å². The maximum atomic E-state index is 8.92. The van der Waals surface area contributed by atoms with Gasteiger partial charge in [0.05, 0.1) is 18.8 Å². The zero-order valence-corrected chi connectivity index (χ0v) is 4.00. The zero-order chi connectivity index (χ0) is 4.85. The molecule has 2 heterocycles. The van der Waals surface area contributed by atoms with E-state index in [9.17, 15) is 0 Å². The van der Waals surface area contributed by atoms with Crippen molar-refractivity contribution < 1.29 is 9.84 Å². The van der Waals surface area contributed by atoms with Crippen LogP contribution < -0.4 is 0 Å². The smallest absolute Gasteiger partial charge is 0.0853 e. The molecule has 0 aromatic carbocycles. The highest BCUT2D eigenvalue weighted by atomic mass is 16.5. The first-order valence-corrected chi connectivity index (χ1v) is 2.67. The van der Waals surface area contributed by atoms with E-state index in [0.29, 0.717) is 5.92 Å². The summed E-state index contributed by atoms with van der Waals surface area (Å²) >= 11 is 0. The number of rotatable bonds is 0. The number of hydrogen-bond donors (Lipinski definition) is 1. The number of ether oxygens (including phenoxy) is 1. The van der Waals surface area contributed by atoms with E-state index in [0.717, 1.165) is 13.0 Å². The Morgan fingerprint density at radius 3 is 2.57 bits per heavy atom. The first-order valence-electron chi connectivity index (χ1n) is 2.67. The Kier molecular flexibility index (Phi) is 0.557. The van der Waals surface area contributed by atoms with Crippen molar-refractivity contribution in [3.8, 4) is 0 Å². The minimum Gasteiger partial charge on any atom is -0.390 e. The van der Waals surface area contributed by atoms with Gasteiger partial charge in [0.25, 0.3) is 0 Å². The van der Waals surface area contributed by atoms with Crippen LogP contribution in [0, 0.1) is 5.92 Å². The molecule has 1 saturated carbocycles. The van der Waals surface area contributed by atoms with Crippen LogP contribution in [0.2, 0.25) is 0 Å². The van der Waals surface area contributed by atoms with Crippen molar-refractivity contribution in [3.63, 3.8) is 0 Å². The largest absolute Gasteiger partial charge is 0.390 e. The number of aliphatic hydroxyl groups excluding tert-OH is 1. The Morgan fingerprint density at radius 2 is 2.43 bits per heavy atom. The monoisotopic (exact) mass is 100 g/mol. The number of hydrogen-bond acceptors (Lipinski definition) is 2. The molecule has 0 aromatic heterocycles. The molecule has 0 aromatic rings. The average Bonchev–Trinajstić information content (AvgIpc) is 2.18. The number of aliphatic hydroxyl groups is 1. The van der Waals surface area contributed by atoms with E-state index in [1.807, 2.05) is 0 Å². The highest BCUT2D eigenvalue weighted by molar-refractivity contribution is 4.95. The fraction of sp³-hybridized carbons (Fsp3) is 1.00. The van der Waals surface area contributed by atoms with Crippen molar-refractivity contribution in [2.24, 2.45) is 5.92 Å². The molecule has 0 amide bonds. The van der Waals surface area contributed by atoms with Gasteiger partial charge >= 0.3 is 0 Å². The molecular formula is C5H8O2. The predicted octanol–water partition coefficient (Wildman–Crippen LogP) is -0.234. The molecule has 2 aliphatic heterocycles. The second kappa shape index (κ2) is 1.01. The van der Waals surface area contributed by atoms with Crippen molar-refractivity contribution in [2.75, 3.05) is 6.61 Å². The van der Waals surface area contributed by atoms with Crippen LogP contribution in [0.25, 0.3) is 0 Å². The fourth-order valence-corrected chi connectivity index (χ4v) is 1.27. The predicted molar refractivity (Wildman–Crippen MR) is 23.9 cm³/mol. The lowest BCUT2D eigenvalue weighted by atomic mass is 9.83. The van der Waals surface area contributed by atoms with Gasteiger partial charge in [-0.25, -0.2) is 0 Å². The van der Waals surface area contributed by atoms with Crippen LogP contribution in [0.4, 0.5) is 0 Å². The third kappa shape index (κ3) is 0.318. The first kappa shape index (κ1) is 3.87. The Balaban J connectivity index is 2.14. The summed E-state index contributed by atoms with van der Waals surface area (Å²) in [4.78, 5) is 0. The summed E-state index contributed by atoms with van der Waals surface area (Å²) in [7, 11) is 0. The lowest BCUT2D eigenvalue weighted by Crippen LogP contribution is -2.38. The number of fused-ring (bicyclic) bond motifs is 1. The summed E-state index contributed by atoms with van der Waals surface area (Å²) in [5.74, 6) is 0.491. The van der Waals surface area contributed by atoms with Gasteiger partial charge in [-0.1, -0.05) is 0 Å². The summed E-state index contributed by atoms with van der Waals surface area (Å²) in [6.07, 6.45) is 1.20. The lowest BCUT2D eigenvalue weighted by Gasteiger charge is -2.27. The molecule has 2 bridgehead atoms. The van der Waals surface area contributed by atoms with Crippen molar-refractivity contribution in [2.45, 2.75) is 18.6 Å². The molecule has 3 atom stereocenters. The van der Waals surface area contributed by atoms with Gasteiger partial charge in [-0.3, -0.25) is 0 Å². The van der Waals surface area contributed by atoms with Gasteiger partial charge in [0.15, 0.2) is 0 Å². The molecule has 2 heteroatoms. The van der Waals surface area contributed by atoms with Gasteiger partial charge in [0.2, 0.25) is 0 Å². The van der Waals surface area contributed by atoms with Crippen LogP contribution in [-0.2, 0) is 4.74 Å². The van der Waals surface area contributed by atoms with Gasteiger partial charge in [-0.05, 0) is 6.42 Å². The third-order valence-corrected chi connectivity index (χ3v) is 1.92. The zero-order valence-electron chi connectivity index (χ0n) is 4.00. The molecule has 3 unspecified atom stereocenters. The van der Waals surface area contributed by atoms with Gasteiger partial charge in [0.1, 0.15) is 0 Å². The van der Waals surface area contributed by atoms with E-state index in [2.05, 4.69) is 0 Å². The van der Waals surface area contributed by atoms with Gasteiger partial charge in [-0.15, -0.1) is 0 Å². The Labute approximate surface area is 42.1 Å². The van der Waals surface area contributed by atoms with E-state index >= 15 is 0 Å². The normalized spacial score (nSPS) is 57.0. The van der Waals surface area contributed by atoms with Crippen molar-refractivity contribution in [3.05, 3.63) is 0 Å². The highest BCUT2D eigenvalue weighted by Crippen LogP contribution is 2.37. The molecule has 3 fully saturated rings. The highest BCUT2D eigenvalue weighted by Gasteiger charge is 2.47. The summed E-state index contributed by atoms with van der Waals surface area (Å²) < 4.78 is 5.09. The maximum Gasteiger partial charge on any atom is 0.0853 e. The second-order valence-electron chi connectivity index (χ2n) is 2.36. The summed E-state index contributed by atoms with van der Waals surface area (Å²) in [5, 5.41) is 8.92. The molecule has 2 saturated heterocycles. The van der Waals surface area contributed by atoms with Crippen LogP contribution >= 0.6 is 0 Å². The van der Waals surface area contributed by atoms with Crippen LogP contribution in [0.1, 0.15) is 6.42 Å². The van der Waals surface area contributed by atoms with E-state index in [1.54, 1.807) is 0 Å². The molecule has 0 spiro atoms. The van der Waals surface area contributed by atoms with E-state index in [4.69, 9.17) is 9.84 Å². The van der Waals surface area contributed by atoms with Crippen LogP contribution in [0.3, 0.4) is 0 Å². The summed E-state index contributed by atoms with van der Waals surface area (Å²) in [6.45, 7) is 0.797. The molecule has 1 N–H and O–H groups in total. The first-order chi connectivity index (χ1) is 3.38. The van der Waals surface area contributed by atoms with Crippen LogP contribution in [-0.4, -0.2) is 23.9 Å². The van der Waals surface area contributed by atoms with Crippen molar-refractivity contribution in [1.82, 2.24) is 0 Å². The summed E-state index contributed by atoms with van der Waals surface area (Å²) in [5.41, 5.74) is 0. The van der Waals surface area contributed by atoms with Gasteiger partial charge in [-0.2, -0.15) is 0 Å². The topological polar surface area (TPSA) is 29.5 Å². The molecule has 0 radical (unpaired) electrons. The SMILES string of the molecule is OC1C2COC1C2. The summed E-state index contributed by atoms with van der Waals surface area (Å²) in [6, 6.07) is 0. The Morgan fingerprint density at radius 1 is 1.57 bits per heavy atom. The van der Waals surface area contributed by atoms with E-state index in [-0.39, 0.29) is 12.2 Å². The molecule has 7 heavy (non-hydrogen) atoms. The second-order valence-corrected chi connectivity index (χ2v) is 2.36. The van der Waals surface area contributed by atoms with Crippen LogP contribution in [0.5, 0.6) is 0 Å². The third-order valence-electron chi connectivity index (χ3n) is 1.92. The molecule has 2 nitrogen and oxygen atoms in total. The molecule has 3 aliphatic rings. The van der Waals surface area contributed by atoms with Crippen LogP contribution in [0.15, 0.2) is 0 Å². The minimum atomic E-state index is -0.111. The molecule has 40 valence electrons.